The number of benzene rings is 3. The summed E-state index contributed by atoms with van der Waals surface area (Å²) < 4.78 is 34.6. The minimum Gasteiger partial charge on any atom is -0.495 e. The predicted octanol–water partition coefficient (Wildman–Crippen LogP) is 5.72. The lowest BCUT2D eigenvalue weighted by atomic mass is 10.1. The molecule has 42 heavy (non-hydrogen) atoms. The molecule has 0 saturated heterocycles. The molecule has 3 aromatic carbocycles. The third-order valence-electron chi connectivity index (χ3n) is 7.54. The van der Waals surface area contributed by atoms with Crippen LogP contribution in [0.4, 0.5) is 5.69 Å². The number of sulfonamides is 1. The standard InChI is InChI=1S/C32H38ClN3O5S/c1-4-28(32(38)34-26-13-8-9-14-26)35(21-24-12-10-11-23(2)19-24)31(37)22-36(29-20-25(33)17-18-30(29)41-3)42(39,40)27-15-6-5-7-16-27/h5-7,10-12,15-20,26,28H,4,8-9,13-14,21-22H2,1-3H3,(H,34,38)/t28-/m1/s1. The summed E-state index contributed by atoms with van der Waals surface area (Å²) in [6.45, 7) is 3.39. The van der Waals surface area contributed by atoms with Crippen LogP contribution in [0.25, 0.3) is 0 Å². The van der Waals surface area contributed by atoms with Crippen molar-refractivity contribution in [3.05, 3.63) is 88.9 Å². The molecular weight excluding hydrogens is 574 g/mol. The van der Waals surface area contributed by atoms with Gasteiger partial charge in [-0.1, -0.05) is 79.4 Å². The summed E-state index contributed by atoms with van der Waals surface area (Å²) in [4.78, 5) is 29.4. The lowest BCUT2D eigenvalue weighted by Crippen LogP contribution is -2.53. The largest absolute Gasteiger partial charge is 0.495 e. The fraction of sp³-hybridized carbons (Fsp3) is 0.375. The van der Waals surface area contributed by atoms with Gasteiger partial charge in [0.15, 0.2) is 0 Å². The smallest absolute Gasteiger partial charge is 0.264 e. The number of anilines is 1. The van der Waals surface area contributed by atoms with E-state index in [-0.39, 0.29) is 39.8 Å². The summed E-state index contributed by atoms with van der Waals surface area (Å²) >= 11 is 6.31. The zero-order valence-electron chi connectivity index (χ0n) is 24.3. The fourth-order valence-electron chi connectivity index (χ4n) is 5.39. The molecule has 1 fully saturated rings. The number of hydrogen-bond donors (Lipinski definition) is 1. The number of halogens is 1. The molecule has 1 aliphatic carbocycles. The minimum atomic E-state index is -4.24. The Morgan fingerprint density at radius 2 is 1.74 bits per heavy atom. The molecule has 1 atom stereocenters. The van der Waals surface area contributed by atoms with Crippen LogP contribution in [0.5, 0.6) is 5.75 Å². The molecule has 2 amide bonds. The van der Waals surface area contributed by atoms with Crippen LogP contribution < -0.4 is 14.4 Å². The van der Waals surface area contributed by atoms with E-state index in [4.69, 9.17) is 16.3 Å². The van der Waals surface area contributed by atoms with Gasteiger partial charge in [0.2, 0.25) is 11.8 Å². The molecular formula is C32H38ClN3O5S. The van der Waals surface area contributed by atoms with Crippen LogP contribution in [-0.2, 0) is 26.2 Å². The molecule has 0 spiro atoms. The molecule has 1 aliphatic rings. The van der Waals surface area contributed by atoms with Crippen LogP contribution >= 0.6 is 11.6 Å². The third kappa shape index (κ3) is 7.44. The Balaban J connectivity index is 1.76. The number of aryl methyl sites for hydroxylation is 1. The van der Waals surface area contributed by atoms with E-state index in [9.17, 15) is 18.0 Å². The highest BCUT2D eigenvalue weighted by atomic mass is 35.5. The van der Waals surface area contributed by atoms with Crippen molar-refractivity contribution in [2.24, 2.45) is 0 Å². The summed E-state index contributed by atoms with van der Waals surface area (Å²) in [5.41, 5.74) is 1.98. The number of carbonyl (C=O) groups is 2. The van der Waals surface area contributed by atoms with Crippen molar-refractivity contribution in [1.82, 2.24) is 10.2 Å². The molecule has 0 heterocycles. The van der Waals surface area contributed by atoms with Crippen LogP contribution in [0.15, 0.2) is 77.7 Å². The molecule has 10 heteroatoms. The zero-order valence-corrected chi connectivity index (χ0v) is 25.8. The Labute approximate surface area is 253 Å². The van der Waals surface area contributed by atoms with E-state index in [2.05, 4.69) is 5.32 Å². The Bertz CT molecular complexity index is 1490. The first-order valence-electron chi connectivity index (χ1n) is 14.2. The maximum absolute atomic E-state index is 14.3. The highest BCUT2D eigenvalue weighted by Gasteiger charge is 2.35. The first-order valence-corrected chi connectivity index (χ1v) is 16.0. The summed E-state index contributed by atoms with van der Waals surface area (Å²) in [6, 6.07) is 19.5. The van der Waals surface area contributed by atoms with Gasteiger partial charge in [-0.05, 0) is 62.1 Å². The van der Waals surface area contributed by atoms with E-state index in [0.717, 1.165) is 41.1 Å². The average molecular weight is 612 g/mol. The lowest BCUT2D eigenvalue weighted by molar-refractivity contribution is -0.140. The number of hydrogen-bond acceptors (Lipinski definition) is 5. The molecule has 0 aliphatic heterocycles. The van der Waals surface area contributed by atoms with E-state index >= 15 is 0 Å². The van der Waals surface area contributed by atoms with Gasteiger partial charge >= 0.3 is 0 Å². The van der Waals surface area contributed by atoms with Gasteiger partial charge < -0.3 is 15.0 Å². The second-order valence-corrected chi connectivity index (χ2v) is 12.9. The van der Waals surface area contributed by atoms with Crippen molar-refractivity contribution in [3.63, 3.8) is 0 Å². The summed E-state index contributed by atoms with van der Waals surface area (Å²) in [5.74, 6) is -0.516. The molecule has 1 saturated carbocycles. The summed E-state index contributed by atoms with van der Waals surface area (Å²) in [6.07, 6.45) is 4.29. The van der Waals surface area contributed by atoms with Gasteiger partial charge in [-0.25, -0.2) is 8.42 Å². The van der Waals surface area contributed by atoms with Crippen molar-refractivity contribution in [2.75, 3.05) is 18.0 Å². The molecule has 0 bridgehead atoms. The van der Waals surface area contributed by atoms with Crippen molar-refractivity contribution < 1.29 is 22.7 Å². The van der Waals surface area contributed by atoms with Crippen molar-refractivity contribution in [3.8, 4) is 5.75 Å². The van der Waals surface area contributed by atoms with Gasteiger partial charge in [-0.15, -0.1) is 0 Å². The predicted molar refractivity (Wildman–Crippen MR) is 165 cm³/mol. The van der Waals surface area contributed by atoms with Crippen LogP contribution in [0, 0.1) is 6.92 Å². The normalized spacial score (nSPS) is 14.3. The Morgan fingerprint density at radius 1 is 1.02 bits per heavy atom. The second kappa shape index (κ2) is 14.1. The number of amides is 2. The van der Waals surface area contributed by atoms with Gasteiger partial charge in [0.1, 0.15) is 18.3 Å². The Morgan fingerprint density at radius 3 is 2.38 bits per heavy atom. The molecule has 0 aromatic heterocycles. The molecule has 224 valence electrons. The maximum atomic E-state index is 14.3. The van der Waals surface area contributed by atoms with Gasteiger partial charge in [-0.3, -0.25) is 13.9 Å². The average Bonchev–Trinajstić information content (AvgIpc) is 3.49. The first-order chi connectivity index (χ1) is 20.1. The Hall–Kier alpha value is -3.56. The second-order valence-electron chi connectivity index (χ2n) is 10.6. The van der Waals surface area contributed by atoms with Gasteiger partial charge in [0, 0.05) is 17.6 Å². The molecule has 8 nitrogen and oxygen atoms in total. The van der Waals surface area contributed by atoms with E-state index in [1.54, 1.807) is 30.3 Å². The van der Waals surface area contributed by atoms with E-state index in [1.165, 1.54) is 30.2 Å². The zero-order chi connectivity index (χ0) is 30.3. The number of methoxy groups -OCH3 is 1. The van der Waals surface area contributed by atoms with E-state index in [0.29, 0.717) is 6.42 Å². The molecule has 0 unspecified atom stereocenters. The molecule has 0 radical (unpaired) electrons. The highest BCUT2D eigenvalue weighted by Crippen LogP contribution is 2.35. The van der Waals surface area contributed by atoms with Gasteiger partial charge in [0.05, 0.1) is 17.7 Å². The molecule has 4 rings (SSSR count). The quantitative estimate of drug-likeness (QED) is 0.283. The molecule has 3 aromatic rings. The highest BCUT2D eigenvalue weighted by molar-refractivity contribution is 7.92. The van der Waals surface area contributed by atoms with Crippen LogP contribution in [0.3, 0.4) is 0 Å². The van der Waals surface area contributed by atoms with Gasteiger partial charge in [-0.2, -0.15) is 0 Å². The summed E-state index contributed by atoms with van der Waals surface area (Å²) in [7, 11) is -2.81. The van der Waals surface area contributed by atoms with Crippen LogP contribution in [-0.4, -0.2) is 50.9 Å². The number of ether oxygens (including phenoxy) is 1. The lowest BCUT2D eigenvalue weighted by Gasteiger charge is -2.34. The number of rotatable bonds is 12. The summed E-state index contributed by atoms with van der Waals surface area (Å²) in [5, 5.41) is 3.41. The van der Waals surface area contributed by atoms with Gasteiger partial charge in [0.25, 0.3) is 10.0 Å². The third-order valence-corrected chi connectivity index (χ3v) is 9.55. The fourth-order valence-corrected chi connectivity index (χ4v) is 6.99. The van der Waals surface area contributed by atoms with E-state index < -0.39 is 28.5 Å². The van der Waals surface area contributed by atoms with Crippen LogP contribution in [0.2, 0.25) is 5.02 Å². The number of carbonyl (C=O) groups excluding carboxylic acids is 2. The van der Waals surface area contributed by atoms with E-state index in [1.807, 2.05) is 38.1 Å². The van der Waals surface area contributed by atoms with Crippen molar-refractivity contribution >= 4 is 39.1 Å². The molecule has 1 N–H and O–H groups in total. The van der Waals surface area contributed by atoms with Crippen molar-refractivity contribution in [2.45, 2.75) is 69.5 Å². The first kappa shape index (κ1) is 31.4. The maximum Gasteiger partial charge on any atom is 0.264 e. The van der Waals surface area contributed by atoms with Crippen LogP contribution in [0.1, 0.15) is 50.2 Å². The topological polar surface area (TPSA) is 96.0 Å². The SMILES string of the molecule is CC[C@H](C(=O)NC1CCCC1)N(Cc1cccc(C)c1)C(=O)CN(c1cc(Cl)ccc1OC)S(=O)(=O)c1ccccc1. The Kier molecular flexibility index (Phi) is 10.5. The number of nitrogens with one attached hydrogen (secondary N) is 1. The van der Waals surface area contributed by atoms with Crippen molar-refractivity contribution in [1.29, 1.82) is 0 Å². The monoisotopic (exact) mass is 611 g/mol. The minimum absolute atomic E-state index is 0.0103. The number of nitrogens with zero attached hydrogens (tertiary/aromatic N) is 2.